The Morgan fingerprint density at radius 3 is 2.24 bits per heavy atom. The number of ether oxygens (including phenoxy) is 2. The molecule has 0 fully saturated rings. The molecule has 0 saturated heterocycles. The second-order valence-corrected chi connectivity index (χ2v) is 10.8. The highest BCUT2D eigenvalue weighted by atomic mass is 32.2. The van der Waals surface area contributed by atoms with Crippen LogP contribution in [0.1, 0.15) is 30.4 Å². The molecule has 1 atom stereocenters. The summed E-state index contributed by atoms with van der Waals surface area (Å²) in [6, 6.07) is 21.3. The van der Waals surface area contributed by atoms with Crippen molar-refractivity contribution in [3.63, 3.8) is 0 Å². The number of methoxy groups -OCH3 is 2. The summed E-state index contributed by atoms with van der Waals surface area (Å²) in [6.45, 7) is 3.10. The summed E-state index contributed by atoms with van der Waals surface area (Å²) in [5.74, 6) is 0.292. The Kier molecular flexibility index (Phi) is 10.2. The standard InChI is InChI=1S/C29H37N3O5S/c1-6-27(22-10-8-7-9-11-22)29(33)32(18-19-36-4)21-23-20-24(12-17-28(23)31(2)3)30-38(34,35)26-15-13-25(37-5)14-16-26/h7-17,20,27,30H,6,18-19,21H2,1-5H3. The molecule has 0 aliphatic carbocycles. The second-order valence-electron chi connectivity index (χ2n) is 9.14. The summed E-state index contributed by atoms with van der Waals surface area (Å²) in [4.78, 5) is 17.6. The third-order valence-corrected chi connectivity index (χ3v) is 7.73. The summed E-state index contributed by atoms with van der Waals surface area (Å²) >= 11 is 0. The first-order valence-electron chi connectivity index (χ1n) is 12.5. The number of amides is 1. The average Bonchev–Trinajstić information content (AvgIpc) is 2.91. The van der Waals surface area contributed by atoms with Crippen LogP contribution in [0.2, 0.25) is 0 Å². The number of rotatable bonds is 13. The van der Waals surface area contributed by atoms with Gasteiger partial charge in [-0.2, -0.15) is 0 Å². The van der Waals surface area contributed by atoms with Gasteiger partial charge in [-0.05, 0) is 60.0 Å². The van der Waals surface area contributed by atoms with Crippen LogP contribution in [0.3, 0.4) is 0 Å². The molecule has 0 aliphatic rings. The molecule has 3 rings (SSSR count). The number of nitrogens with zero attached hydrogens (tertiary/aromatic N) is 2. The molecule has 3 aromatic rings. The second kappa shape index (κ2) is 13.3. The molecule has 0 saturated carbocycles. The average molecular weight is 540 g/mol. The largest absolute Gasteiger partial charge is 0.497 e. The van der Waals surface area contributed by atoms with Crippen molar-refractivity contribution in [3.8, 4) is 5.75 Å². The Morgan fingerprint density at radius 2 is 1.66 bits per heavy atom. The van der Waals surface area contributed by atoms with Gasteiger partial charge in [0.05, 0.1) is 24.5 Å². The van der Waals surface area contributed by atoms with Gasteiger partial charge in [-0.1, -0.05) is 37.3 Å². The van der Waals surface area contributed by atoms with Gasteiger partial charge < -0.3 is 19.3 Å². The lowest BCUT2D eigenvalue weighted by Crippen LogP contribution is -2.37. The van der Waals surface area contributed by atoms with Crippen LogP contribution in [0.4, 0.5) is 11.4 Å². The zero-order valence-electron chi connectivity index (χ0n) is 22.7. The topological polar surface area (TPSA) is 88.2 Å². The number of sulfonamides is 1. The minimum Gasteiger partial charge on any atom is -0.497 e. The quantitative estimate of drug-likeness (QED) is 0.338. The molecule has 1 unspecified atom stereocenters. The van der Waals surface area contributed by atoms with Crippen LogP contribution >= 0.6 is 0 Å². The van der Waals surface area contributed by atoms with Crippen molar-refractivity contribution >= 4 is 27.3 Å². The Bertz CT molecular complexity index is 1300. The third-order valence-electron chi connectivity index (χ3n) is 6.33. The van der Waals surface area contributed by atoms with E-state index in [4.69, 9.17) is 9.47 Å². The van der Waals surface area contributed by atoms with Crippen molar-refractivity contribution in [3.05, 3.63) is 83.9 Å². The van der Waals surface area contributed by atoms with Crippen LogP contribution in [0.15, 0.2) is 77.7 Å². The molecular formula is C29H37N3O5S. The number of hydrogen-bond donors (Lipinski definition) is 1. The Morgan fingerprint density at radius 1 is 0.974 bits per heavy atom. The number of anilines is 2. The lowest BCUT2D eigenvalue weighted by atomic mass is 9.94. The number of nitrogens with one attached hydrogen (secondary N) is 1. The fourth-order valence-electron chi connectivity index (χ4n) is 4.31. The molecule has 0 aliphatic heterocycles. The van der Waals surface area contributed by atoms with Crippen molar-refractivity contribution in [2.45, 2.75) is 30.7 Å². The molecule has 8 nitrogen and oxygen atoms in total. The first-order valence-corrected chi connectivity index (χ1v) is 14.0. The van der Waals surface area contributed by atoms with Gasteiger partial charge in [-0.25, -0.2) is 8.42 Å². The van der Waals surface area contributed by atoms with E-state index in [0.29, 0.717) is 37.6 Å². The van der Waals surface area contributed by atoms with Crippen LogP contribution < -0.4 is 14.4 Å². The first kappa shape index (κ1) is 29.0. The van der Waals surface area contributed by atoms with Gasteiger partial charge >= 0.3 is 0 Å². The molecule has 204 valence electrons. The predicted octanol–water partition coefficient (Wildman–Crippen LogP) is 4.73. The molecule has 0 aromatic heterocycles. The number of carbonyl (C=O) groups excluding carboxylic acids is 1. The van der Waals surface area contributed by atoms with Crippen molar-refractivity contribution in [1.82, 2.24) is 4.90 Å². The van der Waals surface area contributed by atoms with E-state index in [2.05, 4.69) is 4.72 Å². The minimum atomic E-state index is -3.82. The Balaban J connectivity index is 1.93. The predicted molar refractivity (Wildman–Crippen MR) is 151 cm³/mol. The molecule has 0 bridgehead atoms. The van der Waals surface area contributed by atoms with Gasteiger partial charge in [-0.15, -0.1) is 0 Å². The van der Waals surface area contributed by atoms with Crippen LogP contribution in [0.5, 0.6) is 5.75 Å². The van der Waals surface area contributed by atoms with E-state index in [1.54, 1.807) is 36.3 Å². The molecule has 1 amide bonds. The van der Waals surface area contributed by atoms with Gasteiger partial charge in [0.2, 0.25) is 5.91 Å². The highest BCUT2D eigenvalue weighted by molar-refractivity contribution is 7.92. The van der Waals surface area contributed by atoms with Crippen molar-refractivity contribution < 1.29 is 22.7 Å². The summed E-state index contributed by atoms with van der Waals surface area (Å²) in [6.07, 6.45) is 0.661. The maximum atomic E-state index is 13.8. The minimum absolute atomic E-state index is 0.00433. The maximum Gasteiger partial charge on any atom is 0.261 e. The van der Waals surface area contributed by atoms with E-state index < -0.39 is 10.0 Å². The zero-order valence-corrected chi connectivity index (χ0v) is 23.5. The molecule has 9 heteroatoms. The zero-order chi connectivity index (χ0) is 27.7. The fraction of sp³-hybridized carbons (Fsp3) is 0.345. The monoisotopic (exact) mass is 539 g/mol. The van der Waals surface area contributed by atoms with Crippen LogP contribution in [0.25, 0.3) is 0 Å². The maximum absolute atomic E-state index is 13.8. The van der Waals surface area contributed by atoms with Gasteiger partial charge in [0.25, 0.3) is 10.0 Å². The highest BCUT2D eigenvalue weighted by Crippen LogP contribution is 2.29. The van der Waals surface area contributed by atoms with Crippen LogP contribution in [-0.4, -0.2) is 60.7 Å². The highest BCUT2D eigenvalue weighted by Gasteiger charge is 2.26. The number of carbonyl (C=O) groups is 1. The van der Waals surface area contributed by atoms with Crippen molar-refractivity contribution in [2.75, 3.05) is 51.1 Å². The number of hydrogen-bond acceptors (Lipinski definition) is 6. The van der Waals surface area contributed by atoms with E-state index in [9.17, 15) is 13.2 Å². The van der Waals surface area contributed by atoms with Crippen molar-refractivity contribution in [2.24, 2.45) is 0 Å². The summed E-state index contributed by atoms with van der Waals surface area (Å²) in [5, 5.41) is 0. The molecule has 1 N–H and O–H groups in total. The van der Waals surface area contributed by atoms with E-state index >= 15 is 0 Å². The molecule has 0 spiro atoms. The van der Waals surface area contributed by atoms with E-state index in [-0.39, 0.29) is 16.7 Å². The van der Waals surface area contributed by atoms with E-state index in [1.165, 1.54) is 19.2 Å². The third kappa shape index (κ3) is 7.26. The van der Waals surface area contributed by atoms with Gasteiger partial charge in [0, 0.05) is 45.7 Å². The molecule has 3 aromatic carbocycles. The lowest BCUT2D eigenvalue weighted by Gasteiger charge is -2.29. The van der Waals surface area contributed by atoms with Crippen LogP contribution in [-0.2, 0) is 26.1 Å². The first-order chi connectivity index (χ1) is 18.2. The van der Waals surface area contributed by atoms with E-state index in [0.717, 1.165) is 16.8 Å². The van der Waals surface area contributed by atoms with Gasteiger partial charge in [0.1, 0.15) is 5.75 Å². The van der Waals surface area contributed by atoms with Gasteiger partial charge in [0.15, 0.2) is 0 Å². The summed E-state index contributed by atoms with van der Waals surface area (Å²) in [7, 11) is 3.15. The molecule has 0 heterocycles. The normalized spacial score (nSPS) is 12.0. The molecular weight excluding hydrogens is 502 g/mol. The fourth-order valence-corrected chi connectivity index (χ4v) is 5.36. The molecule has 0 radical (unpaired) electrons. The SMILES string of the molecule is CCC(C(=O)N(CCOC)Cc1cc(NS(=O)(=O)c2ccc(OC)cc2)ccc1N(C)C)c1ccccc1. The molecule has 38 heavy (non-hydrogen) atoms. The van der Waals surface area contributed by atoms with Crippen LogP contribution in [0, 0.1) is 0 Å². The Labute approximate surface area is 226 Å². The Hall–Kier alpha value is -3.56. The van der Waals surface area contributed by atoms with Crippen molar-refractivity contribution in [1.29, 1.82) is 0 Å². The van der Waals surface area contributed by atoms with Gasteiger partial charge in [-0.3, -0.25) is 9.52 Å². The summed E-state index contributed by atoms with van der Waals surface area (Å²) in [5.41, 5.74) is 3.09. The summed E-state index contributed by atoms with van der Waals surface area (Å²) < 4.78 is 39.2. The number of benzene rings is 3. The smallest absolute Gasteiger partial charge is 0.261 e. The lowest BCUT2D eigenvalue weighted by molar-refractivity contribution is -0.134. The van der Waals surface area contributed by atoms with E-state index in [1.807, 2.05) is 62.3 Å².